The number of hydrogen-bond donors (Lipinski definition) is 2. The zero-order chi connectivity index (χ0) is 17.3. The minimum absolute atomic E-state index is 0.101. The molecule has 0 spiro atoms. The maximum atomic E-state index is 10.9. The van der Waals surface area contributed by atoms with E-state index < -0.39 is 6.09 Å². The van der Waals surface area contributed by atoms with E-state index in [1.165, 1.54) is 11.1 Å². The summed E-state index contributed by atoms with van der Waals surface area (Å²) in [5.41, 5.74) is 5.72. The molecule has 1 unspecified atom stereocenters. The van der Waals surface area contributed by atoms with E-state index in [2.05, 4.69) is 62.5 Å². The summed E-state index contributed by atoms with van der Waals surface area (Å²) in [6.07, 6.45) is -1.03. The van der Waals surface area contributed by atoms with Crippen LogP contribution >= 0.6 is 0 Å². The van der Waals surface area contributed by atoms with E-state index in [9.17, 15) is 4.79 Å². The van der Waals surface area contributed by atoms with E-state index in [1.54, 1.807) is 0 Å². The van der Waals surface area contributed by atoms with Crippen molar-refractivity contribution in [1.29, 1.82) is 0 Å². The van der Waals surface area contributed by atoms with Crippen LogP contribution in [0.25, 0.3) is 11.1 Å². The SMILES string of the molecule is CC(C)(C)c1cccc(-c2ccc3c(c2)COCC3NC(=O)O)c1. The summed E-state index contributed by atoms with van der Waals surface area (Å²) in [5.74, 6) is 0. The van der Waals surface area contributed by atoms with Gasteiger partial charge in [-0.25, -0.2) is 4.79 Å². The van der Waals surface area contributed by atoms with Gasteiger partial charge in [0.15, 0.2) is 0 Å². The largest absolute Gasteiger partial charge is 0.465 e. The molecule has 1 amide bonds. The van der Waals surface area contributed by atoms with Crippen LogP contribution in [0, 0.1) is 0 Å². The maximum Gasteiger partial charge on any atom is 0.405 e. The highest BCUT2D eigenvalue weighted by Crippen LogP contribution is 2.32. The molecule has 0 saturated heterocycles. The van der Waals surface area contributed by atoms with Crippen molar-refractivity contribution in [2.45, 2.75) is 38.8 Å². The molecule has 4 heteroatoms. The Morgan fingerprint density at radius 1 is 1.17 bits per heavy atom. The number of hydrogen-bond acceptors (Lipinski definition) is 2. The number of fused-ring (bicyclic) bond motifs is 1. The van der Waals surface area contributed by atoms with Crippen LogP contribution in [0.5, 0.6) is 0 Å². The van der Waals surface area contributed by atoms with Gasteiger partial charge in [-0.15, -0.1) is 0 Å². The number of rotatable bonds is 2. The third kappa shape index (κ3) is 3.44. The summed E-state index contributed by atoms with van der Waals surface area (Å²) in [6, 6.07) is 14.4. The Balaban J connectivity index is 1.96. The van der Waals surface area contributed by atoms with Gasteiger partial charge < -0.3 is 15.2 Å². The lowest BCUT2D eigenvalue weighted by Crippen LogP contribution is -2.33. The molecule has 0 fully saturated rings. The minimum Gasteiger partial charge on any atom is -0.465 e. The van der Waals surface area contributed by atoms with Gasteiger partial charge in [0.1, 0.15) is 0 Å². The highest BCUT2D eigenvalue weighted by atomic mass is 16.5. The third-order valence-corrected chi connectivity index (χ3v) is 4.42. The molecule has 0 aromatic heterocycles. The van der Waals surface area contributed by atoms with Crippen molar-refractivity contribution in [3.05, 3.63) is 59.2 Å². The topological polar surface area (TPSA) is 58.6 Å². The van der Waals surface area contributed by atoms with E-state index >= 15 is 0 Å². The molecule has 0 aliphatic carbocycles. The molecule has 2 N–H and O–H groups in total. The van der Waals surface area contributed by atoms with Gasteiger partial charge in [0.25, 0.3) is 0 Å². The lowest BCUT2D eigenvalue weighted by atomic mass is 9.85. The molecule has 3 rings (SSSR count). The number of amides is 1. The summed E-state index contributed by atoms with van der Waals surface area (Å²) in [5, 5.41) is 11.5. The molecule has 1 aliphatic heterocycles. The van der Waals surface area contributed by atoms with Gasteiger partial charge in [0.2, 0.25) is 0 Å². The van der Waals surface area contributed by atoms with Gasteiger partial charge in [-0.3, -0.25) is 0 Å². The summed E-state index contributed by atoms with van der Waals surface area (Å²) in [7, 11) is 0. The molecule has 1 atom stereocenters. The Morgan fingerprint density at radius 3 is 2.62 bits per heavy atom. The molecule has 2 aromatic carbocycles. The zero-order valence-electron chi connectivity index (χ0n) is 14.3. The summed E-state index contributed by atoms with van der Waals surface area (Å²) < 4.78 is 5.55. The lowest BCUT2D eigenvalue weighted by Gasteiger charge is -2.26. The van der Waals surface area contributed by atoms with Crippen LogP contribution in [0.1, 0.15) is 43.5 Å². The van der Waals surface area contributed by atoms with E-state index in [0.29, 0.717) is 13.2 Å². The first kappa shape index (κ1) is 16.5. The quantitative estimate of drug-likeness (QED) is 0.855. The molecular formula is C20H23NO3. The fourth-order valence-corrected chi connectivity index (χ4v) is 3.06. The maximum absolute atomic E-state index is 10.9. The Morgan fingerprint density at radius 2 is 1.92 bits per heavy atom. The number of carbonyl (C=O) groups is 1. The second kappa shape index (κ2) is 6.29. The van der Waals surface area contributed by atoms with Crippen molar-refractivity contribution in [3.63, 3.8) is 0 Å². The average Bonchev–Trinajstić information content (AvgIpc) is 2.53. The van der Waals surface area contributed by atoms with E-state index in [4.69, 9.17) is 9.84 Å². The van der Waals surface area contributed by atoms with Crippen molar-refractivity contribution >= 4 is 6.09 Å². The number of nitrogens with one attached hydrogen (secondary N) is 1. The van der Waals surface area contributed by atoms with Gasteiger partial charge in [-0.2, -0.15) is 0 Å². The summed E-state index contributed by atoms with van der Waals surface area (Å²) in [4.78, 5) is 10.9. The highest BCUT2D eigenvalue weighted by molar-refractivity contribution is 5.68. The Kier molecular flexibility index (Phi) is 4.33. The molecule has 1 heterocycles. The second-order valence-electron chi connectivity index (χ2n) is 7.26. The molecule has 0 radical (unpaired) electrons. The van der Waals surface area contributed by atoms with Crippen molar-refractivity contribution in [2.24, 2.45) is 0 Å². The summed E-state index contributed by atoms with van der Waals surface area (Å²) in [6.45, 7) is 7.50. The fraction of sp³-hybridized carbons (Fsp3) is 0.350. The Hall–Kier alpha value is -2.33. The van der Waals surface area contributed by atoms with E-state index in [-0.39, 0.29) is 11.5 Å². The van der Waals surface area contributed by atoms with Crippen LogP contribution in [-0.4, -0.2) is 17.8 Å². The van der Waals surface area contributed by atoms with Crippen molar-refractivity contribution in [2.75, 3.05) is 6.61 Å². The average molecular weight is 325 g/mol. The predicted molar refractivity (Wildman–Crippen MR) is 94.1 cm³/mol. The Bertz CT molecular complexity index is 762. The second-order valence-corrected chi connectivity index (χ2v) is 7.26. The Labute approximate surface area is 142 Å². The molecule has 24 heavy (non-hydrogen) atoms. The van der Waals surface area contributed by atoms with Crippen LogP contribution in [0.3, 0.4) is 0 Å². The van der Waals surface area contributed by atoms with Gasteiger partial charge in [0, 0.05) is 0 Å². The van der Waals surface area contributed by atoms with Crippen LogP contribution in [0.15, 0.2) is 42.5 Å². The predicted octanol–water partition coefficient (Wildman–Crippen LogP) is 4.49. The van der Waals surface area contributed by atoms with Crippen molar-refractivity contribution < 1.29 is 14.6 Å². The zero-order valence-corrected chi connectivity index (χ0v) is 14.3. The number of carboxylic acid groups (broad SMARTS) is 1. The molecule has 4 nitrogen and oxygen atoms in total. The molecule has 0 bridgehead atoms. The minimum atomic E-state index is -1.03. The first-order chi connectivity index (χ1) is 11.3. The fourth-order valence-electron chi connectivity index (χ4n) is 3.06. The van der Waals surface area contributed by atoms with Crippen LogP contribution in [-0.2, 0) is 16.8 Å². The van der Waals surface area contributed by atoms with Crippen LogP contribution in [0.2, 0.25) is 0 Å². The van der Waals surface area contributed by atoms with E-state index in [1.807, 2.05) is 6.07 Å². The van der Waals surface area contributed by atoms with Crippen LogP contribution < -0.4 is 5.32 Å². The van der Waals surface area contributed by atoms with Gasteiger partial charge >= 0.3 is 6.09 Å². The number of ether oxygens (including phenoxy) is 1. The van der Waals surface area contributed by atoms with E-state index in [0.717, 1.165) is 16.7 Å². The molecule has 1 aliphatic rings. The molecule has 0 saturated carbocycles. The molecule has 2 aromatic rings. The lowest BCUT2D eigenvalue weighted by molar-refractivity contribution is 0.0809. The monoisotopic (exact) mass is 325 g/mol. The van der Waals surface area contributed by atoms with Gasteiger partial charge in [-0.1, -0.05) is 57.2 Å². The standard InChI is InChI=1S/C20H23NO3/c1-20(2,3)16-6-4-5-13(10-16)14-7-8-17-15(9-14)11-24-12-18(17)21-19(22)23/h4-10,18,21H,11-12H2,1-3H3,(H,22,23). The van der Waals surface area contributed by atoms with Gasteiger partial charge in [0.05, 0.1) is 19.3 Å². The number of benzene rings is 2. The molecular weight excluding hydrogens is 302 g/mol. The smallest absolute Gasteiger partial charge is 0.405 e. The van der Waals surface area contributed by atoms with Crippen molar-refractivity contribution in [1.82, 2.24) is 5.32 Å². The van der Waals surface area contributed by atoms with Gasteiger partial charge in [-0.05, 0) is 39.3 Å². The third-order valence-electron chi connectivity index (χ3n) is 4.42. The highest BCUT2D eigenvalue weighted by Gasteiger charge is 2.23. The first-order valence-electron chi connectivity index (χ1n) is 8.15. The first-order valence-corrected chi connectivity index (χ1v) is 8.15. The van der Waals surface area contributed by atoms with Crippen molar-refractivity contribution in [3.8, 4) is 11.1 Å². The molecule has 126 valence electrons. The normalized spacial score (nSPS) is 17.2. The van der Waals surface area contributed by atoms with Crippen LogP contribution in [0.4, 0.5) is 4.79 Å². The summed E-state index contributed by atoms with van der Waals surface area (Å²) >= 11 is 0.